The molecule has 4 aromatic rings. The maximum absolute atomic E-state index is 13.0. The fourth-order valence-corrected chi connectivity index (χ4v) is 3.15. The number of benzene rings is 2. The van der Waals surface area contributed by atoms with E-state index in [-0.39, 0.29) is 11.6 Å². The van der Waals surface area contributed by atoms with E-state index in [1.165, 1.54) is 0 Å². The van der Waals surface area contributed by atoms with Gasteiger partial charge in [-0.3, -0.25) is 9.78 Å². The average molecular weight is 415 g/mol. The summed E-state index contributed by atoms with van der Waals surface area (Å²) in [7, 11) is 3.21. The van der Waals surface area contributed by atoms with Crippen molar-refractivity contribution in [2.24, 2.45) is 0 Å². The van der Waals surface area contributed by atoms with E-state index in [0.29, 0.717) is 12.2 Å². The van der Waals surface area contributed by atoms with E-state index in [0.717, 1.165) is 28.3 Å². The molecule has 2 heterocycles. The van der Waals surface area contributed by atoms with Crippen molar-refractivity contribution >= 4 is 5.91 Å². The van der Waals surface area contributed by atoms with E-state index < -0.39 is 0 Å². The number of hydrogen-bond donors (Lipinski definition) is 1. The quantitative estimate of drug-likeness (QED) is 0.498. The van der Waals surface area contributed by atoms with Gasteiger partial charge in [0.2, 0.25) is 0 Å². The third-order valence-corrected chi connectivity index (χ3v) is 4.72. The minimum absolute atomic E-state index is 0.215. The highest BCUT2D eigenvalue weighted by molar-refractivity contribution is 5.98. The average Bonchev–Trinajstić information content (AvgIpc) is 3.28. The number of hydrogen-bond acceptors (Lipinski definition) is 6. The zero-order chi connectivity index (χ0) is 21.6. The van der Waals surface area contributed by atoms with Crippen LogP contribution in [0, 0.1) is 0 Å². The Morgan fingerprint density at radius 3 is 2.52 bits per heavy atom. The second-order valence-corrected chi connectivity index (χ2v) is 6.67. The van der Waals surface area contributed by atoms with Gasteiger partial charge in [-0.25, -0.2) is 4.68 Å². The van der Waals surface area contributed by atoms with Gasteiger partial charge in [-0.05, 0) is 54.1 Å². The standard InChI is InChI=1S/C23H21N5O3/c1-30-19-10-8-18(9-11-19)28-22(17-6-4-12-24-15-17)21(26-27-28)23(29)25-14-16-5-3-7-20(13-16)31-2/h3-13,15H,14H2,1-2H3,(H,25,29). The summed E-state index contributed by atoms with van der Waals surface area (Å²) in [5, 5.41) is 11.3. The van der Waals surface area contributed by atoms with Crippen molar-refractivity contribution in [1.29, 1.82) is 0 Å². The van der Waals surface area contributed by atoms with Gasteiger partial charge in [0, 0.05) is 24.5 Å². The zero-order valence-electron chi connectivity index (χ0n) is 17.1. The van der Waals surface area contributed by atoms with Crippen LogP contribution in [0.1, 0.15) is 16.1 Å². The number of carbonyl (C=O) groups is 1. The lowest BCUT2D eigenvalue weighted by atomic mass is 10.1. The van der Waals surface area contributed by atoms with Gasteiger partial charge in [0.1, 0.15) is 17.2 Å². The van der Waals surface area contributed by atoms with E-state index in [9.17, 15) is 4.79 Å². The molecule has 1 amide bonds. The number of ether oxygens (including phenoxy) is 2. The first-order valence-corrected chi connectivity index (χ1v) is 9.61. The summed E-state index contributed by atoms with van der Waals surface area (Å²) in [6, 6.07) is 18.5. The lowest BCUT2D eigenvalue weighted by Crippen LogP contribution is -2.24. The Labute approximate surface area is 179 Å². The summed E-state index contributed by atoms with van der Waals surface area (Å²) in [6.45, 7) is 0.331. The summed E-state index contributed by atoms with van der Waals surface area (Å²) in [4.78, 5) is 17.2. The van der Waals surface area contributed by atoms with Crippen LogP contribution in [0.2, 0.25) is 0 Å². The summed E-state index contributed by atoms with van der Waals surface area (Å²) in [5.41, 5.74) is 3.17. The van der Waals surface area contributed by atoms with Gasteiger partial charge in [0.15, 0.2) is 5.69 Å². The van der Waals surface area contributed by atoms with Crippen LogP contribution in [0.25, 0.3) is 16.9 Å². The predicted molar refractivity (Wildman–Crippen MR) is 115 cm³/mol. The summed E-state index contributed by atoms with van der Waals surface area (Å²) >= 11 is 0. The first-order chi connectivity index (χ1) is 15.2. The molecule has 0 radical (unpaired) electrons. The Hall–Kier alpha value is -4.20. The molecule has 31 heavy (non-hydrogen) atoms. The molecule has 2 aromatic heterocycles. The van der Waals surface area contributed by atoms with E-state index in [4.69, 9.17) is 9.47 Å². The topological polar surface area (TPSA) is 91.2 Å². The number of methoxy groups -OCH3 is 2. The molecule has 0 saturated carbocycles. The van der Waals surface area contributed by atoms with Gasteiger partial charge in [0.25, 0.3) is 5.91 Å². The van der Waals surface area contributed by atoms with Crippen LogP contribution in [0.3, 0.4) is 0 Å². The van der Waals surface area contributed by atoms with Gasteiger partial charge >= 0.3 is 0 Å². The maximum atomic E-state index is 13.0. The SMILES string of the molecule is COc1ccc(-n2nnc(C(=O)NCc3cccc(OC)c3)c2-c2cccnc2)cc1. The molecule has 0 unspecified atom stereocenters. The third kappa shape index (κ3) is 4.37. The second-order valence-electron chi connectivity index (χ2n) is 6.67. The van der Waals surface area contributed by atoms with Crippen molar-refractivity contribution in [1.82, 2.24) is 25.3 Å². The van der Waals surface area contributed by atoms with Crippen molar-refractivity contribution in [3.8, 4) is 28.4 Å². The molecule has 156 valence electrons. The van der Waals surface area contributed by atoms with Crippen LogP contribution in [0.5, 0.6) is 11.5 Å². The van der Waals surface area contributed by atoms with Crippen molar-refractivity contribution in [3.05, 3.63) is 84.3 Å². The highest BCUT2D eigenvalue weighted by Crippen LogP contribution is 2.26. The number of pyridine rings is 1. The number of nitrogens with one attached hydrogen (secondary N) is 1. The molecule has 0 fully saturated rings. The number of rotatable bonds is 7. The molecule has 1 N–H and O–H groups in total. The predicted octanol–water partition coefficient (Wildman–Crippen LogP) is 3.28. The van der Waals surface area contributed by atoms with Crippen LogP contribution in [0.15, 0.2) is 73.1 Å². The molecule has 0 aliphatic rings. The molecule has 0 aliphatic heterocycles. The largest absolute Gasteiger partial charge is 0.497 e. The minimum atomic E-state index is -0.332. The molecule has 0 aliphatic carbocycles. The smallest absolute Gasteiger partial charge is 0.274 e. The number of amides is 1. The third-order valence-electron chi connectivity index (χ3n) is 4.72. The van der Waals surface area contributed by atoms with Crippen molar-refractivity contribution in [2.75, 3.05) is 14.2 Å². The number of nitrogens with zero attached hydrogens (tertiary/aromatic N) is 4. The van der Waals surface area contributed by atoms with Crippen molar-refractivity contribution < 1.29 is 14.3 Å². The molecule has 0 bridgehead atoms. The fraction of sp³-hybridized carbons (Fsp3) is 0.130. The lowest BCUT2D eigenvalue weighted by molar-refractivity contribution is 0.0946. The Morgan fingerprint density at radius 1 is 1.00 bits per heavy atom. The van der Waals surface area contributed by atoms with Gasteiger partial charge in [-0.2, -0.15) is 0 Å². The highest BCUT2D eigenvalue weighted by Gasteiger charge is 2.22. The molecule has 8 heteroatoms. The second kappa shape index (κ2) is 9.08. The van der Waals surface area contributed by atoms with Crippen molar-refractivity contribution in [2.45, 2.75) is 6.54 Å². The molecule has 0 saturated heterocycles. The van der Waals surface area contributed by atoms with Crippen LogP contribution in [-0.2, 0) is 6.54 Å². The fourth-order valence-electron chi connectivity index (χ4n) is 3.15. The number of carbonyl (C=O) groups excluding carboxylic acids is 1. The van der Waals surface area contributed by atoms with Gasteiger partial charge in [-0.15, -0.1) is 5.10 Å². The monoisotopic (exact) mass is 415 g/mol. The Morgan fingerprint density at radius 2 is 1.81 bits per heavy atom. The van der Waals surface area contributed by atoms with E-state index in [1.54, 1.807) is 37.4 Å². The lowest BCUT2D eigenvalue weighted by Gasteiger charge is -2.10. The van der Waals surface area contributed by atoms with E-state index in [2.05, 4.69) is 20.6 Å². The van der Waals surface area contributed by atoms with Gasteiger partial charge in [-0.1, -0.05) is 17.3 Å². The van der Waals surface area contributed by atoms with Gasteiger partial charge in [0.05, 0.1) is 19.9 Å². The molecule has 2 aromatic carbocycles. The first-order valence-electron chi connectivity index (χ1n) is 9.61. The summed E-state index contributed by atoms with van der Waals surface area (Å²) < 4.78 is 12.1. The number of aromatic nitrogens is 4. The van der Waals surface area contributed by atoms with E-state index >= 15 is 0 Å². The first kappa shape index (κ1) is 20.1. The van der Waals surface area contributed by atoms with Crippen LogP contribution >= 0.6 is 0 Å². The Bertz CT molecular complexity index is 1170. The zero-order valence-corrected chi connectivity index (χ0v) is 17.1. The van der Waals surface area contributed by atoms with E-state index in [1.807, 2.05) is 54.6 Å². The Kier molecular flexibility index (Phi) is 5.89. The molecular weight excluding hydrogens is 394 g/mol. The highest BCUT2D eigenvalue weighted by atomic mass is 16.5. The minimum Gasteiger partial charge on any atom is -0.497 e. The summed E-state index contributed by atoms with van der Waals surface area (Å²) in [6.07, 6.45) is 3.35. The van der Waals surface area contributed by atoms with Crippen LogP contribution < -0.4 is 14.8 Å². The van der Waals surface area contributed by atoms with Gasteiger partial charge < -0.3 is 14.8 Å². The normalized spacial score (nSPS) is 10.5. The summed E-state index contributed by atoms with van der Waals surface area (Å²) in [5.74, 6) is 1.12. The maximum Gasteiger partial charge on any atom is 0.274 e. The molecule has 0 atom stereocenters. The molecular formula is C23H21N5O3. The van der Waals surface area contributed by atoms with Crippen LogP contribution in [0.4, 0.5) is 0 Å². The molecule has 8 nitrogen and oxygen atoms in total. The van der Waals surface area contributed by atoms with Crippen molar-refractivity contribution in [3.63, 3.8) is 0 Å². The molecule has 0 spiro atoms. The van der Waals surface area contributed by atoms with Crippen LogP contribution in [-0.4, -0.2) is 40.1 Å². The Balaban J connectivity index is 1.66. The molecule has 4 rings (SSSR count).